The molecule has 5 nitrogen and oxygen atoms in total. The molecule has 1 saturated heterocycles. The summed E-state index contributed by atoms with van der Waals surface area (Å²) >= 11 is 0. The maximum absolute atomic E-state index is 13.9. The zero-order valence-electron chi connectivity index (χ0n) is 14.3. The number of anilines is 1. The van der Waals surface area contributed by atoms with Crippen LogP contribution in [0.5, 0.6) is 5.75 Å². The highest BCUT2D eigenvalue weighted by molar-refractivity contribution is 6.13. The highest BCUT2D eigenvalue weighted by atomic mass is 19.1. The Labute approximate surface area is 145 Å². The van der Waals surface area contributed by atoms with Crippen LogP contribution in [0.15, 0.2) is 42.5 Å². The number of ether oxygens (including phenoxy) is 1. The van der Waals surface area contributed by atoms with E-state index in [4.69, 9.17) is 4.74 Å². The minimum Gasteiger partial charge on any atom is -0.494 e. The van der Waals surface area contributed by atoms with E-state index in [0.29, 0.717) is 11.3 Å². The molecule has 6 heteroatoms. The summed E-state index contributed by atoms with van der Waals surface area (Å²) < 4.78 is 18.7. The van der Waals surface area contributed by atoms with Crippen molar-refractivity contribution in [2.45, 2.75) is 26.4 Å². The number of urea groups is 1. The minimum atomic E-state index is -0.599. The molecule has 1 unspecified atom stereocenters. The molecule has 3 rings (SSSR count). The Morgan fingerprint density at radius 2 is 1.80 bits per heavy atom. The molecular weight excluding hydrogens is 323 g/mol. The Balaban J connectivity index is 1.85. The molecule has 1 atom stereocenters. The third kappa shape index (κ3) is 3.07. The van der Waals surface area contributed by atoms with Crippen LogP contribution in [0.4, 0.5) is 14.9 Å². The van der Waals surface area contributed by atoms with Crippen molar-refractivity contribution < 1.29 is 18.7 Å². The highest BCUT2D eigenvalue weighted by Gasteiger charge is 2.43. The Bertz CT molecular complexity index is 820. The van der Waals surface area contributed by atoms with Crippen molar-refractivity contribution in [2.75, 3.05) is 12.0 Å². The first-order valence-corrected chi connectivity index (χ1v) is 7.96. The van der Waals surface area contributed by atoms with Gasteiger partial charge < -0.3 is 4.74 Å². The number of aryl methyl sites for hydroxylation is 1. The lowest BCUT2D eigenvalue weighted by Crippen LogP contribution is -2.33. The van der Waals surface area contributed by atoms with E-state index in [9.17, 15) is 14.0 Å². The summed E-state index contributed by atoms with van der Waals surface area (Å²) in [4.78, 5) is 27.9. The number of amides is 3. The molecule has 3 amide bonds. The van der Waals surface area contributed by atoms with Gasteiger partial charge in [-0.25, -0.2) is 9.18 Å². The Morgan fingerprint density at radius 3 is 2.40 bits per heavy atom. The van der Waals surface area contributed by atoms with Crippen LogP contribution in [-0.2, 0) is 11.3 Å². The molecule has 0 bridgehead atoms. The van der Waals surface area contributed by atoms with Crippen LogP contribution < -0.4 is 9.64 Å². The van der Waals surface area contributed by atoms with Gasteiger partial charge in [0.05, 0.1) is 13.7 Å². The van der Waals surface area contributed by atoms with E-state index >= 15 is 0 Å². The van der Waals surface area contributed by atoms with Crippen LogP contribution in [0.2, 0.25) is 0 Å². The molecule has 0 aromatic heterocycles. The molecule has 25 heavy (non-hydrogen) atoms. The van der Waals surface area contributed by atoms with Crippen LogP contribution in [0.1, 0.15) is 18.1 Å². The molecule has 0 aliphatic carbocycles. The lowest BCUT2D eigenvalue weighted by molar-refractivity contribution is -0.127. The molecule has 0 radical (unpaired) electrons. The molecule has 1 aliphatic heterocycles. The largest absolute Gasteiger partial charge is 0.494 e. The van der Waals surface area contributed by atoms with Crippen LogP contribution in [0.25, 0.3) is 0 Å². The van der Waals surface area contributed by atoms with Crippen molar-refractivity contribution >= 4 is 17.6 Å². The monoisotopic (exact) mass is 342 g/mol. The van der Waals surface area contributed by atoms with Gasteiger partial charge in [0.25, 0.3) is 5.91 Å². The van der Waals surface area contributed by atoms with Crippen molar-refractivity contribution in [3.63, 3.8) is 0 Å². The molecule has 0 saturated carbocycles. The van der Waals surface area contributed by atoms with E-state index in [1.807, 2.05) is 31.2 Å². The molecule has 2 aromatic carbocycles. The van der Waals surface area contributed by atoms with Gasteiger partial charge in [0.1, 0.15) is 6.04 Å². The predicted molar refractivity (Wildman–Crippen MR) is 92.0 cm³/mol. The van der Waals surface area contributed by atoms with Crippen molar-refractivity contribution in [3.8, 4) is 5.75 Å². The van der Waals surface area contributed by atoms with Crippen molar-refractivity contribution in [2.24, 2.45) is 0 Å². The first-order valence-electron chi connectivity index (χ1n) is 7.96. The number of halogens is 1. The van der Waals surface area contributed by atoms with E-state index in [1.54, 1.807) is 13.0 Å². The summed E-state index contributed by atoms with van der Waals surface area (Å²) in [7, 11) is 1.38. The number of methoxy groups -OCH3 is 1. The van der Waals surface area contributed by atoms with E-state index < -0.39 is 17.9 Å². The quantitative estimate of drug-likeness (QED) is 0.799. The number of hydrogen-bond acceptors (Lipinski definition) is 3. The number of imide groups is 1. The smallest absolute Gasteiger partial charge is 0.332 e. The van der Waals surface area contributed by atoms with Gasteiger partial charge in [-0.05, 0) is 43.7 Å². The number of rotatable bonds is 4. The zero-order valence-corrected chi connectivity index (χ0v) is 14.3. The second kappa shape index (κ2) is 6.55. The fourth-order valence-electron chi connectivity index (χ4n) is 2.90. The summed E-state index contributed by atoms with van der Waals surface area (Å²) in [6.45, 7) is 3.66. The fourth-order valence-corrected chi connectivity index (χ4v) is 2.90. The molecule has 1 aliphatic rings. The number of benzene rings is 2. The SMILES string of the molecule is COc1ccc(CN2C(=O)C(C)N(c3ccc(C)cc3)C2=O)cc1F. The minimum absolute atomic E-state index is 0.0191. The standard InChI is InChI=1S/C19H19FN2O3/c1-12-4-7-15(8-5-12)22-13(2)18(23)21(19(22)24)11-14-6-9-17(25-3)16(20)10-14/h4-10,13H,11H2,1-3H3. The number of hydrogen-bond donors (Lipinski definition) is 0. The van der Waals surface area contributed by atoms with E-state index in [-0.39, 0.29) is 18.2 Å². The normalized spacial score (nSPS) is 17.4. The lowest BCUT2D eigenvalue weighted by atomic mass is 10.2. The number of nitrogens with zero attached hydrogens (tertiary/aromatic N) is 2. The Morgan fingerprint density at radius 1 is 1.12 bits per heavy atom. The van der Waals surface area contributed by atoms with Crippen LogP contribution in [0.3, 0.4) is 0 Å². The van der Waals surface area contributed by atoms with Crippen LogP contribution in [0, 0.1) is 12.7 Å². The molecular formula is C19H19FN2O3. The highest BCUT2D eigenvalue weighted by Crippen LogP contribution is 2.28. The van der Waals surface area contributed by atoms with Crippen molar-refractivity contribution in [3.05, 3.63) is 59.4 Å². The number of carbonyl (C=O) groups is 2. The first-order chi connectivity index (χ1) is 11.9. The van der Waals surface area contributed by atoms with Crippen LogP contribution >= 0.6 is 0 Å². The fraction of sp³-hybridized carbons (Fsp3) is 0.263. The van der Waals surface area contributed by atoms with Gasteiger partial charge in [0, 0.05) is 5.69 Å². The molecule has 2 aromatic rings. The third-order valence-electron chi connectivity index (χ3n) is 4.32. The second-order valence-corrected chi connectivity index (χ2v) is 6.06. The predicted octanol–water partition coefficient (Wildman–Crippen LogP) is 3.50. The Kier molecular flexibility index (Phi) is 4.44. The molecule has 0 spiro atoms. The summed E-state index contributed by atoms with van der Waals surface area (Å²) in [6, 6.07) is 10.8. The second-order valence-electron chi connectivity index (χ2n) is 6.06. The van der Waals surface area contributed by atoms with Gasteiger partial charge in [-0.1, -0.05) is 23.8 Å². The van der Waals surface area contributed by atoms with E-state index in [1.165, 1.54) is 24.1 Å². The van der Waals surface area contributed by atoms with Gasteiger partial charge >= 0.3 is 6.03 Å². The van der Waals surface area contributed by atoms with Gasteiger partial charge in [0.15, 0.2) is 11.6 Å². The van der Waals surface area contributed by atoms with Gasteiger partial charge in [-0.3, -0.25) is 14.6 Å². The molecule has 0 N–H and O–H groups in total. The maximum atomic E-state index is 13.9. The summed E-state index contributed by atoms with van der Waals surface area (Å²) in [6.07, 6.45) is 0. The summed E-state index contributed by atoms with van der Waals surface area (Å²) in [5.74, 6) is -0.707. The van der Waals surface area contributed by atoms with Crippen LogP contribution in [-0.4, -0.2) is 30.0 Å². The van der Waals surface area contributed by atoms with Gasteiger partial charge in [-0.15, -0.1) is 0 Å². The van der Waals surface area contributed by atoms with Gasteiger partial charge in [-0.2, -0.15) is 0 Å². The maximum Gasteiger partial charge on any atom is 0.332 e. The number of carbonyl (C=O) groups excluding carboxylic acids is 2. The third-order valence-corrected chi connectivity index (χ3v) is 4.32. The summed E-state index contributed by atoms with van der Waals surface area (Å²) in [5.41, 5.74) is 2.26. The Hall–Kier alpha value is -2.89. The molecule has 130 valence electrons. The summed E-state index contributed by atoms with van der Waals surface area (Å²) in [5, 5.41) is 0. The van der Waals surface area contributed by atoms with E-state index in [0.717, 1.165) is 10.5 Å². The zero-order chi connectivity index (χ0) is 18.1. The van der Waals surface area contributed by atoms with Crippen molar-refractivity contribution in [1.82, 2.24) is 4.90 Å². The molecule has 1 fully saturated rings. The first kappa shape index (κ1) is 17.0. The lowest BCUT2D eigenvalue weighted by Gasteiger charge is -2.19. The molecule has 1 heterocycles. The van der Waals surface area contributed by atoms with Crippen molar-refractivity contribution in [1.29, 1.82) is 0 Å². The average Bonchev–Trinajstić information content (AvgIpc) is 2.80. The van der Waals surface area contributed by atoms with E-state index in [2.05, 4.69) is 0 Å². The average molecular weight is 342 g/mol. The topological polar surface area (TPSA) is 49.9 Å². The van der Waals surface area contributed by atoms with Gasteiger partial charge in [0.2, 0.25) is 0 Å².